The van der Waals surface area contributed by atoms with Crippen LogP contribution in [0.4, 0.5) is 5.69 Å². The minimum absolute atomic E-state index is 0.133. The molecular formula is C20H12BrNO2S2. The molecule has 3 nitrogen and oxygen atoms in total. The highest BCUT2D eigenvalue weighted by atomic mass is 79.9. The van der Waals surface area contributed by atoms with Crippen LogP contribution in [0.5, 0.6) is 0 Å². The zero-order valence-electron chi connectivity index (χ0n) is 13.4. The highest BCUT2D eigenvalue weighted by Crippen LogP contribution is 2.36. The van der Waals surface area contributed by atoms with Gasteiger partial charge in [-0.1, -0.05) is 70.2 Å². The summed E-state index contributed by atoms with van der Waals surface area (Å²) in [5, 5.41) is 0. The van der Waals surface area contributed by atoms with Crippen LogP contribution in [0, 0.1) is 0 Å². The lowest BCUT2D eigenvalue weighted by molar-refractivity contribution is -0.113. The Labute approximate surface area is 168 Å². The van der Waals surface area contributed by atoms with Crippen molar-refractivity contribution in [1.82, 2.24) is 0 Å². The van der Waals surface area contributed by atoms with Gasteiger partial charge in [-0.05, 0) is 36.4 Å². The fraction of sp³-hybridized carbons (Fsp3) is 0. The molecule has 1 aliphatic rings. The summed E-state index contributed by atoms with van der Waals surface area (Å²) >= 11 is 10.1. The molecule has 4 rings (SSSR count). The van der Waals surface area contributed by atoms with E-state index in [1.54, 1.807) is 11.0 Å². The fourth-order valence-electron chi connectivity index (χ4n) is 2.62. The Morgan fingerprint density at radius 2 is 1.85 bits per heavy atom. The standard InChI is InChI=1S/C20H12BrNO2S2/c21-14-6-4-5-13(11-14)17-10-9-16(24-17)12-18-19(23)22(20(25)26-18)15-7-2-1-3-8-15/h1-12H/b18-12-. The molecule has 0 aliphatic carbocycles. The molecule has 0 unspecified atom stereocenters. The first kappa shape index (κ1) is 17.3. The Bertz CT molecular complexity index is 1030. The molecule has 26 heavy (non-hydrogen) atoms. The first-order chi connectivity index (χ1) is 12.6. The molecule has 0 N–H and O–H groups in total. The van der Waals surface area contributed by atoms with Crippen LogP contribution >= 0.6 is 39.9 Å². The second-order valence-electron chi connectivity index (χ2n) is 5.57. The molecular weight excluding hydrogens is 430 g/mol. The van der Waals surface area contributed by atoms with Crippen LogP contribution in [0.3, 0.4) is 0 Å². The lowest BCUT2D eigenvalue weighted by Crippen LogP contribution is -2.27. The van der Waals surface area contributed by atoms with Gasteiger partial charge in [0.15, 0.2) is 4.32 Å². The van der Waals surface area contributed by atoms with Crippen molar-refractivity contribution in [3.05, 3.63) is 81.9 Å². The number of hydrogen-bond donors (Lipinski definition) is 0. The van der Waals surface area contributed by atoms with Crippen molar-refractivity contribution in [2.24, 2.45) is 0 Å². The topological polar surface area (TPSA) is 33.5 Å². The minimum Gasteiger partial charge on any atom is -0.457 e. The number of thiocarbonyl (C=S) groups is 1. The second kappa shape index (κ2) is 7.23. The van der Waals surface area contributed by atoms with E-state index in [0.717, 1.165) is 21.5 Å². The highest BCUT2D eigenvalue weighted by Gasteiger charge is 2.33. The van der Waals surface area contributed by atoms with Crippen LogP contribution in [0.15, 0.2) is 80.5 Å². The summed E-state index contributed by atoms with van der Waals surface area (Å²) in [4.78, 5) is 14.8. The van der Waals surface area contributed by atoms with Gasteiger partial charge in [-0.15, -0.1) is 0 Å². The number of hydrogen-bond acceptors (Lipinski definition) is 4. The van der Waals surface area contributed by atoms with Crippen LogP contribution < -0.4 is 4.90 Å². The molecule has 0 bridgehead atoms. The molecule has 1 fully saturated rings. The first-order valence-corrected chi connectivity index (χ1v) is 9.82. The maximum absolute atomic E-state index is 12.7. The van der Waals surface area contributed by atoms with Crippen molar-refractivity contribution >= 4 is 61.9 Å². The van der Waals surface area contributed by atoms with E-state index >= 15 is 0 Å². The van der Waals surface area contributed by atoms with Gasteiger partial charge in [0.1, 0.15) is 11.5 Å². The molecule has 6 heteroatoms. The lowest BCUT2D eigenvalue weighted by Gasteiger charge is -2.13. The van der Waals surface area contributed by atoms with Crippen LogP contribution in [0.1, 0.15) is 5.76 Å². The van der Waals surface area contributed by atoms with E-state index < -0.39 is 0 Å². The SMILES string of the molecule is O=C1/C(=C/c2ccc(-c3cccc(Br)c3)o2)SC(=S)N1c1ccccc1. The van der Waals surface area contributed by atoms with Crippen molar-refractivity contribution in [2.45, 2.75) is 0 Å². The van der Waals surface area contributed by atoms with Crippen molar-refractivity contribution in [3.8, 4) is 11.3 Å². The van der Waals surface area contributed by atoms with Crippen molar-refractivity contribution in [2.75, 3.05) is 4.90 Å². The quantitative estimate of drug-likeness (QED) is 0.362. The highest BCUT2D eigenvalue weighted by molar-refractivity contribution is 9.10. The predicted molar refractivity (Wildman–Crippen MR) is 114 cm³/mol. The van der Waals surface area contributed by atoms with Crippen LogP contribution in [0.25, 0.3) is 17.4 Å². The third-order valence-corrected chi connectivity index (χ3v) is 5.61. The van der Waals surface area contributed by atoms with E-state index in [0.29, 0.717) is 15.0 Å². The minimum atomic E-state index is -0.133. The Morgan fingerprint density at radius 3 is 2.62 bits per heavy atom. The van der Waals surface area contributed by atoms with Crippen molar-refractivity contribution < 1.29 is 9.21 Å². The van der Waals surface area contributed by atoms with E-state index in [9.17, 15) is 4.79 Å². The Morgan fingerprint density at radius 1 is 1.04 bits per heavy atom. The average molecular weight is 442 g/mol. The molecule has 3 aromatic rings. The summed E-state index contributed by atoms with van der Waals surface area (Å²) in [5.74, 6) is 1.23. The molecule has 2 aromatic carbocycles. The van der Waals surface area contributed by atoms with Gasteiger partial charge in [-0.3, -0.25) is 9.69 Å². The van der Waals surface area contributed by atoms with Crippen LogP contribution in [-0.4, -0.2) is 10.2 Å². The van der Waals surface area contributed by atoms with E-state index in [1.165, 1.54) is 11.8 Å². The number of carbonyl (C=O) groups excluding carboxylic acids is 1. The molecule has 1 amide bonds. The molecule has 128 valence electrons. The normalized spacial score (nSPS) is 15.9. The van der Waals surface area contributed by atoms with E-state index in [2.05, 4.69) is 15.9 Å². The zero-order valence-corrected chi connectivity index (χ0v) is 16.6. The number of para-hydroxylation sites is 1. The van der Waals surface area contributed by atoms with Gasteiger partial charge in [-0.25, -0.2) is 0 Å². The summed E-state index contributed by atoms with van der Waals surface area (Å²) in [5.41, 5.74) is 1.74. The van der Waals surface area contributed by atoms with Gasteiger partial charge in [-0.2, -0.15) is 0 Å². The Hall–Kier alpha value is -2.15. The third-order valence-electron chi connectivity index (χ3n) is 3.82. The van der Waals surface area contributed by atoms with Gasteiger partial charge in [0, 0.05) is 16.1 Å². The number of rotatable bonds is 3. The van der Waals surface area contributed by atoms with Gasteiger partial charge in [0.05, 0.1) is 10.6 Å². The van der Waals surface area contributed by atoms with E-state index in [4.69, 9.17) is 16.6 Å². The first-order valence-electron chi connectivity index (χ1n) is 7.80. The lowest BCUT2D eigenvalue weighted by atomic mass is 10.2. The molecule has 0 saturated carbocycles. The molecule has 0 atom stereocenters. The average Bonchev–Trinajstić information content (AvgIpc) is 3.21. The number of halogens is 1. The Kier molecular flexibility index (Phi) is 4.80. The summed E-state index contributed by atoms with van der Waals surface area (Å²) in [6, 6.07) is 21.0. The molecule has 0 spiro atoms. The van der Waals surface area contributed by atoms with Gasteiger partial charge < -0.3 is 4.42 Å². The zero-order chi connectivity index (χ0) is 18.1. The smallest absolute Gasteiger partial charge is 0.270 e. The molecule has 2 heterocycles. The summed E-state index contributed by atoms with van der Waals surface area (Å²) in [6.45, 7) is 0. The summed E-state index contributed by atoms with van der Waals surface area (Å²) in [6.07, 6.45) is 1.74. The third kappa shape index (κ3) is 3.40. The number of amides is 1. The van der Waals surface area contributed by atoms with Crippen LogP contribution in [-0.2, 0) is 4.79 Å². The monoisotopic (exact) mass is 441 g/mol. The maximum Gasteiger partial charge on any atom is 0.270 e. The van der Waals surface area contributed by atoms with Crippen LogP contribution in [0.2, 0.25) is 0 Å². The summed E-state index contributed by atoms with van der Waals surface area (Å²) in [7, 11) is 0. The Balaban J connectivity index is 1.62. The largest absolute Gasteiger partial charge is 0.457 e. The van der Waals surface area contributed by atoms with E-state index in [1.807, 2.05) is 66.7 Å². The number of carbonyl (C=O) groups is 1. The number of anilines is 1. The predicted octanol–water partition coefficient (Wildman–Crippen LogP) is 6.11. The van der Waals surface area contributed by atoms with Gasteiger partial charge in [0.25, 0.3) is 5.91 Å². The fourth-order valence-corrected chi connectivity index (χ4v) is 4.30. The molecule has 1 aliphatic heterocycles. The molecule has 0 radical (unpaired) electrons. The van der Waals surface area contributed by atoms with Gasteiger partial charge in [0.2, 0.25) is 0 Å². The second-order valence-corrected chi connectivity index (χ2v) is 8.16. The number of furan rings is 1. The van der Waals surface area contributed by atoms with Gasteiger partial charge >= 0.3 is 0 Å². The van der Waals surface area contributed by atoms with Crippen molar-refractivity contribution in [3.63, 3.8) is 0 Å². The number of nitrogens with zero attached hydrogens (tertiary/aromatic N) is 1. The number of thioether (sulfide) groups is 1. The van der Waals surface area contributed by atoms with Crippen molar-refractivity contribution in [1.29, 1.82) is 0 Å². The molecule has 1 aromatic heterocycles. The van der Waals surface area contributed by atoms with E-state index in [-0.39, 0.29) is 5.91 Å². The maximum atomic E-state index is 12.7. The molecule has 1 saturated heterocycles. The number of benzene rings is 2. The summed E-state index contributed by atoms with van der Waals surface area (Å²) < 4.78 is 7.39.